The molecule has 0 bridgehead atoms. The molecule has 0 aromatic heterocycles. The number of amides is 1. The van der Waals surface area contributed by atoms with Crippen LogP contribution < -0.4 is 5.32 Å². The van der Waals surface area contributed by atoms with Crippen LogP contribution in [0.5, 0.6) is 0 Å². The second-order valence-corrected chi connectivity index (χ2v) is 15.8. The SMILES string of the molecule is COC(=O)C(CNC(=O)OC(C)(C)C)c1ccc(CO[Si](C(C)C)(C(C)C)C(C)C)cc1. The van der Waals surface area contributed by atoms with Crippen molar-refractivity contribution < 1.29 is 23.5 Å². The molecule has 7 heteroatoms. The number of hydrogen-bond acceptors (Lipinski definition) is 5. The van der Waals surface area contributed by atoms with Crippen LogP contribution in [0.25, 0.3) is 0 Å². The molecule has 0 fully saturated rings. The van der Waals surface area contributed by atoms with Gasteiger partial charge in [-0.2, -0.15) is 0 Å². The third-order valence-corrected chi connectivity index (χ3v) is 12.0. The summed E-state index contributed by atoms with van der Waals surface area (Å²) >= 11 is 0. The Morgan fingerprint density at radius 2 is 1.44 bits per heavy atom. The van der Waals surface area contributed by atoms with Crippen molar-refractivity contribution in [2.75, 3.05) is 13.7 Å². The molecule has 1 aromatic carbocycles. The van der Waals surface area contributed by atoms with E-state index in [1.165, 1.54) is 7.11 Å². The summed E-state index contributed by atoms with van der Waals surface area (Å²) in [6.07, 6.45) is -0.561. The molecule has 0 aliphatic heterocycles. The quantitative estimate of drug-likeness (QED) is 0.331. The molecule has 1 atom stereocenters. The molecule has 1 aromatic rings. The lowest BCUT2D eigenvalue weighted by atomic mass is 9.98. The fraction of sp³-hybridized carbons (Fsp3) is 0.680. The van der Waals surface area contributed by atoms with Gasteiger partial charge in [0.1, 0.15) is 5.60 Å². The number of rotatable bonds is 10. The van der Waals surface area contributed by atoms with E-state index in [1.54, 1.807) is 20.8 Å². The monoisotopic (exact) mass is 465 g/mol. The van der Waals surface area contributed by atoms with Gasteiger partial charge >= 0.3 is 12.1 Å². The molecule has 0 saturated carbocycles. The van der Waals surface area contributed by atoms with Crippen LogP contribution in [-0.4, -0.2) is 39.6 Å². The molecule has 0 heterocycles. The first-order valence-electron chi connectivity index (χ1n) is 11.5. The minimum Gasteiger partial charge on any atom is -0.468 e. The fourth-order valence-electron chi connectivity index (χ4n) is 4.53. The van der Waals surface area contributed by atoms with Gasteiger partial charge in [0.15, 0.2) is 0 Å². The highest BCUT2D eigenvalue weighted by atomic mass is 28.4. The van der Waals surface area contributed by atoms with E-state index in [2.05, 4.69) is 46.9 Å². The van der Waals surface area contributed by atoms with Crippen LogP contribution in [0.2, 0.25) is 16.6 Å². The van der Waals surface area contributed by atoms with Gasteiger partial charge < -0.3 is 19.2 Å². The van der Waals surface area contributed by atoms with Crippen molar-refractivity contribution in [3.05, 3.63) is 35.4 Å². The van der Waals surface area contributed by atoms with E-state index in [4.69, 9.17) is 13.9 Å². The first-order chi connectivity index (χ1) is 14.7. The van der Waals surface area contributed by atoms with Crippen LogP contribution in [0.4, 0.5) is 4.79 Å². The lowest BCUT2D eigenvalue weighted by Gasteiger charge is -2.42. The topological polar surface area (TPSA) is 73.9 Å². The van der Waals surface area contributed by atoms with Gasteiger partial charge in [-0.1, -0.05) is 65.8 Å². The molecular weight excluding hydrogens is 422 g/mol. The highest BCUT2D eigenvalue weighted by Crippen LogP contribution is 2.42. The van der Waals surface area contributed by atoms with Crippen LogP contribution in [-0.2, 0) is 25.3 Å². The summed E-state index contributed by atoms with van der Waals surface area (Å²) < 4.78 is 16.9. The average Bonchev–Trinajstić information content (AvgIpc) is 2.67. The van der Waals surface area contributed by atoms with Crippen LogP contribution in [0.15, 0.2) is 24.3 Å². The zero-order chi connectivity index (χ0) is 24.7. The maximum Gasteiger partial charge on any atom is 0.407 e. The highest BCUT2D eigenvalue weighted by Gasteiger charge is 2.44. The van der Waals surface area contributed by atoms with E-state index in [0.717, 1.165) is 11.1 Å². The predicted octanol–water partition coefficient (Wildman–Crippen LogP) is 6.16. The van der Waals surface area contributed by atoms with E-state index in [-0.39, 0.29) is 6.54 Å². The predicted molar refractivity (Wildman–Crippen MR) is 131 cm³/mol. The van der Waals surface area contributed by atoms with E-state index in [0.29, 0.717) is 23.2 Å². The molecule has 6 nitrogen and oxygen atoms in total. The second-order valence-electron chi connectivity index (χ2n) is 10.3. The van der Waals surface area contributed by atoms with Gasteiger partial charge in [-0.3, -0.25) is 4.79 Å². The van der Waals surface area contributed by atoms with Crippen molar-refractivity contribution >= 4 is 20.4 Å². The van der Waals surface area contributed by atoms with Crippen LogP contribution >= 0.6 is 0 Å². The Morgan fingerprint density at radius 1 is 0.938 bits per heavy atom. The summed E-state index contributed by atoms with van der Waals surface area (Å²) in [5.41, 5.74) is 2.79. The number of carbonyl (C=O) groups excluding carboxylic acids is 2. The molecule has 1 amide bonds. The zero-order valence-electron chi connectivity index (χ0n) is 21.6. The molecule has 0 spiro atoms. The second kappa shape index (κ2) is 11.8. The number of ether oxygens (including phenoxy) is 2. The van der Waals surface area contributed by atoms with Crippen molar-refractivity contribution in [3.8, 4) is 0 Å². The Kier molecular flexibility index (Phi) is 10.4. The van der Waals surface area contributed by atoms with Gasteiger partial charge in [-0.25, -0.2) is 4.79 Å². The van der Waals surface area contributed by atoms with Crippen LogP contribution in [0.3, 0.4) is 0 Å². The van der Waals surface area contributed by atoms with Gasteiger partial charge in [0.05, 0.1) is 19.6 Å². The molecule has 182 valence electrons. The lowest BCUT2D eigenvalue weighted by Crippen LogP contribution is -2.47. The largest absolute Gasteiger partial charge is 0.468 e. The van der Waals surface area contributed by atoms with Crippen molar-refractivity contribution in [2.45, 2.75) is 97.1 Å². The zero-order valence-corrected chi connectivity index (χ0v) is 22.6. The molecule has 1 rings (SSSR count). The number of nitrogens with one attached hydrogen (secondary N) is 1. The minimum absolute atomic E-state index is 0.0987. The van der Waals surface area contributed by atoms with E-state index < -0.39 is 31.9 Å². The highest BCUT2D eigenvalue weighted by molar-refractivity contribution is 6.77. The van der Waals surface area contributed by atoms with Crippen LogP contribution in [0.1, 0.15) is 79.4 Å². The van der Waals surface area contributed by atoms with Gasteiger partial charge in [0.2, 0.25) is 8.32 Å². The van der Waals surface area contributed by atoms with Gasteiger partial charge in [-0.15, -0.1) is 0 Å². The summed E-state index contributed by atoms with van der Waals surface area (Å²) in [4.78, 5) is 24.3. The van der Waals surface area contributed by atoms with E-state index in [9.17, 15) is 9.59 Å². The van der Waals surface area contributed by atoms with Crippen molar-refractivity contribution in [1.29, 1.82) is 0 Å². The van der Waals surface area contributed by atoms with Gasteiger partial charge in [0, 0.05) is 6.54 Å². The number of carbonyl (C=O) groups is 2. The fourth-order valence-corrected chi connectivity index (χ4v) is 9.95. The Bertz CT molecular complexity index is 716. The number of alkyl carbamates (subject to hydrolysis) is 1. The van der Waals surface area contributed by atoms with E-state index in [1.807, 2.05) is 24.3 Å². The normalized spacial score (nSPS) is 13.4. The Hall–Kier alpha value is -1.86. The van der Waals surface area contributed by atoms with Crippen LogP contribution in [0, 0.1) is 0 Å². The molecule has 1 unspecified atom stereocenters. The lowest BCUT2D eigenvalue weighted by molar-refractivity contribution is -0.142. The molecule has 32 heavy (non-hydrogen) atoms. The summed E-state index contributed by atoms with van der Waals surface area (Å²) in [5.74, 6) is -1.02. The molecular formula is C25H43NO5Si. The molecule has 0 radical (unpaired) electrons. The molecule has 1 N–H and O–H groups in total. The Balaban J connectivity index is 2.94. The molecule has 0 aliphatic rings. The standard InChI is InChI=1S/C25H43NO5Si/c1-17(2)32(18(3)4,19(5)6)30-16-20-11-13-21(14-12-20)22(23(27)29-10)15-26-24(28)31-25(7,8)9/h11-14,17-19,22H,15-16H2,1-10H3,(H,26,28). The van der Waals surface area contributed by atoms with Gasteiger partial charge in [-0.05, 0) is 48.5 Å². The number of benzene rings is 1. The maximum atomic E-state index is 12.3. The first-order valence-corrected chi connectivity index (χ1v) is 13.7. The third-order valence-electron chi connectivity index (χ3n) is 5.91. The Morgan fingerprint density at radius 3 is 1.84 bits per heavy atom. The van der Waals surface area contributed by atoms with Crippen molar-refractivity contribution in [1.82, 2.24) is 5.32 Å². The Labute approximate surface area is 195 Å². The van der Waals surface area contributed by atoms with E-state index >= 15 is 0 Å². The number of methoxy groups -OCH3 is 1. The van der Waals surface area contributed by atoms with Gasteiger partial charge in [0.25, 0.3) is 0 Å². The minimum atomic E-state index is -1.95. The first kappa shape index (κ1) is 28.2. The summed E-state index contributed by atoms with van der Waals surface area (Å²) in [6.45, 7) is 19.7. The summed E-state index contributed by atoms with van der Waals surface area (Å²) in [7, 11) is -0.604. The summed E-state index contributed by atoms with van der Waals surface area (Å²) in [5, 5.41) is 2.67. The molecule has 0 aliphatic carbocycles. The summed E-state index contributed by atoms with van der Waals surface area (Å²) in [6, 6.07) is 7.78. The third kappa shape index (κ3) is 7.62. The van der Waals surface area contributed by atoms with Crippen molar-refractivity contribution in [2.24, 2.45) is 0 Å². The van der Waals surface area contributed by atoms with Crippen molar-refractivity contribution in [3.63, 3.8) is 0 Å². The number of esters is 1. The number of hydrogen-bond donors (Lipinski definition) is 1. The maximum absolute atomic E-state index is 12.3. The average molecular weight is 466 g/mol. The molecule has 0 saturated heterocycles. The smallest absolute Gasteiger partial charge is 0.407 e.